The fraction of sp³-hybridized carbons (Fsp3) is 0.625. The van der Waals surface area contributed by atoms with Gasteiger partial charge in [0.05, 0.1) is 5.02 Å². The van der Waals surface area contributed by atoms with Gasteiger partial charge >= 0.3 is 0 Å². The molecule has 1 aliphatic heterocycles. The van der Waals surface area contributed by atoms with Crippen LogP contribution in [0.5, 0.6) is 0 Å². The Balaban J connectivity index is 2.09. The highest BCUT2D eigenvalue weighted by Gasteiger charge is 2.24. The Hall–Kier alpha value is -0.640. The molecule has 0 aliphatic carbocycles. The maximum atomic E-state index is 13.2. The van der Waals surface area contributed by atoms with Crippen LogP contribution >= 0.6 is 11.6 Å². The van der Waals surface area contributed by atoms with E-state index in [0.29, 0.717) is 18.0 Å². The van der Waals surface area contributed by atoms with Gasteiger partial charge in [0.15, 0.2) is 0 Å². The second-order valence-corrected chi connectivity index (χ2v) is 6.53. The van der Waals surface area contributed by atoms with Crippen molar-refractivity contribution in [3.8, 4) is 0 Å². The van der Waals surface area contributed by atoms with E-state index in [9.17, 15) is 4.39 Å². The maximum Gasteiger partial charge on any atom is 0.141 e. The first-order chi connectivity index (χ1) is 9.47. The Morgan fingerprint density at radius 1 is 1.45 bits per heavy atom. The van der Waals surface area contributed by atoms with E-state index in [1.807, 2.05) is 6.07 Å². The lowest BCUT2D eigenvalue weighted by Crippen LogP contribution is -2.42. The third-order valence-electron chi connectivity index (χ3n) is 4.20. The molecule has 20 heavy (non-hydrogen) atoms. The average molecular weight is 299 g/mol. The molecule has 1 aromatic carbocycles. The first-order valence-electron chi connectivity index (χ1n) is 7.38. The van der Waals surface area contributed by atoms with Gasteiger partial charge in [-0.05, 0) is 43.5 Å². The molecule has 2 atom stereocenters. The summed E-state index contributed by atoms with van der Waals surface area (Å²) in [7, 11) is 0. The van der Waals surface area contributed by atoms with Gasteiger partial charge in [-0.2, -0.15) is 0 Å². The molecular formula is C16H24ClFN2. The zero-order chi connectivity index (χ0) is 14.7. The summed E-state index contributed by atoms with van der Waals surface area (Å²) in [5, 5.41) is 3.83. The van der Waals surface area contributed by atoms with Crippen molar-refractivity contribution in [2.45, 2.75) is 45.8 Å². The van der Waals surface area contributed by atoms with Crippen LogP contribution < -0.4 is 5.32 Å². The van der Waals surface area contributed by atoms with Crippen LogP contribution in [0.4, 0.5) is 4.39 Å². The molecule has 1 heterocycles. The Morgan fingerprint density at radius 2 is 2.20 bits per heavy atom. The fourth-order valence-corrected chi connectivity index (χ4v) is 2.90. The smallest absolute Gasteiger partial charge is 0.141 e. The van der Waals surface area contributed by atoms with Crippen LogP contribution in [0.2, 0.25) is 5.02 Å². The lowest BCUT2D eigenvalue weighted by Gasteiger charge is -2.30. The molecule has 1 aromatic rings. The van der Waals surface area contributed by atoms with E-state index in [4.69, 9.17) is 11.6 Å². The molecule has 2 nitrogen and oxygen atoms in total. The Morgan fingerprint density at radius 3 is 2.85 bits per heavy atom. The SMILES string of the molecule is CC(C)C1CN(Cc2ccc(F)c(Cl)c2)C(C)CCN1. The third-order valence-corrected chi connectivity index (χ3v) is 4.49. The predicted molar refractivity (Wildman–Crippen MR) is 82.5 cm³/mol. The molecule has 1 saturated heterocycles. The van der Waals surface area contributed by atoms with E-state index in [2.05, 4.69) is 31.0 Å². The summed E-state index contributed by atoms with van der Waals surface area (Å²) in [4.78, 5) is 2.47. The molecule has 2 rings (SSSR count). The molecule has 0 saturated carbocycles. The second kappa shape index (κ2) is 6.88. The molecule has 1 N–H and O–H groups in total. The van der Waals surface area contributed by atoms with Crippen molar-refractivity contribution in [1.82, 2.24) is 10.2 Å². The molecule has 0 radical (unpaired) electrons. The molecule has 1 fully saturated rings. The zero-order valence-corrected chi connectivity index (χ0v) is 13.3. The van der Waals surface area contributed by atoms with Crippen molar-refractivity contribution >= 4 is 11.6 Å². The number of benzene rings is 1. The Labute approximate surface area is 126 Å². The van der Waals surface area contributed by atoms with Crippen LogP contribution in [0.15, 0.2) is 18.2 Å². The van der Waals surface area contributed by atoms with Crippen LogP contribution in [0.1, 0.15) is 32.8 Å². The number of nitrogens with one attached hydrogen (secondary N) is 1. The Bertz CT molecular complexity index is 450. The summed E-state index contributed by atoms with van der Waals surface area (Å²) < 4.78 is 13.2. The normalized spacial score (nSPS) is 24.9. The topological polar surface area (TPSA) is 15.3 Å². The van der Waals surface area contributed by atoms with Gasteiger partial charge < -0.3 is 5.32 Å². The van der Waals surface area contributed by atoms with E-state index in [1.165, 1.54) is 6.07 Å². The Kier molecular flexibility index (Phi) is 5.42. The van der Waals surface area contributed by atoms with E-state index >= 15 is 0 Å². The van der Waals surface area contributed by atoms with Crippen LogP contribution in [0.3, 0.4) is 0 Å². The van der Waals surface area contributed by atoms with Gasteiger partial charge in [0.2, 0.25) is 0 Å². The van der Waals surface area contributed by atoms with Crippen molar-refractivity contribution in [2.75, 3.05) is 13.1 Å². The van der Waals surface area contributed by atoms with Crippen molar-refractivity contribution in [3.63, 3.8) is 0 Å². The molecule has 4 heteroatoms. The first kappa shape index (κ1) is 15.7. The highest BCUT2D eigenvalue weighted by molar-refractivity contribution is 6.30. The molecule has 0 bridgehead atoms. The molecule has 2 unspecified atom stereocenters. The monoisotopic (exact) mass is 298 g/mol. The van der Waals surface area contributed by atoms with E-state index in [1.54, 1.807) is 6.07 Å². The van der Waals surface area contributed by atoms with Crippen LogP contribution in [-0.2, 0) is 6.54 Å². The minimum atomic E-state index is -0.346. The third kappa shape index (κ3) is 3.94. The van der Waals surface area contributed by atoms with Gasteiger partial charge in [0.25, 0.3) is 0 Å². The molecule has 1 aliphatic rings. The molecule has 112 valence electrons. The highest BCUT2D eigenvalue weighted by atomic mass is 35.5. The number of halogens is 2. The molecule has 0 aromatic heterocycles. The van der Waals surface area contributed by atoms with E-state index in [-0.39, 0.29) is 10.8 Å². The minimum absolute atomic E-state index is 0.212. The minimum Gasteiger partial charge on any atom is -0.312 e. The highest BCUT2D eigenvalue weighted by Crippen LogP contribution is 2.20. The molecular weight excluding hydrogens is 275 g/mol. The number of rotatable bonds is 3. The van der Waals surface area contributed by atoms with Crippen molar-refractivity contribution in [3.05, 3.63) is 34.6 Å². The van der Waals surface area contributed by atoms with E-state index < -0.39 is 0 Å². The van der Waals surface area contributed by atoms with Gasteiger partial charge in [-0.1, -0.05) is 31.5 Å². The van der Waals surface area contributed by atoms with Gasteiger partial charge in [-0.3, -0.25) is 4.90 Å². The average Bonchev–Trinajstić information content (AvgIpc) is 2.57. The fourth-order valence-electron chi connectivity index (χ4n) is 2.70. The summed E-state index contributed by atoms with van der Waals surface area (Å²) >= 11 is 5.87. The largest absolute Gasteiger partial charge is 0.312 e. The maximum absolute atomic E-state index is 13.2. The standard InChI is InChI=1S/C16H24ClFN2/c1-11(2)16-10-20(12(3)6-7-19-16)9-13-4-5-15(18)14(17)8-13/h4-5,8,11-12,16,19H,6-7,9-10H2,1-3H3. The van der Waals surface area contributed by atoms with Gasteiger partial charge in [0.1, 0.15) is 5.82 Å². The zero-order valence-electron chi connectivity index (χ0n) is 12.5. The first-order valence-corrected chi connectivity index (χ1v) is 7.76. The summed E-state index contributed by atoms with van der Waals surface area (Å²) in [5.74, 6) is 0.265. The van der Waals surface area contributed by atoms with Crippen molar-refractivity contribution in [2.24, 2.45) is 5.92 Å². The number of hydrogen-bond acceptors (Lipinski definition) is 2. The lowest BCUT2D eigenvalue weighted by molar-refractivity contribution is 0.184. The van der Waals surface area contributed by atoms with Gasteiger partial charge in [0, 0.05) is 25.2 Å². The van der Waals surface area contributed by atoms with Crippen LogP contribution in [0, 0.1) is 11.7 Å². The number of hydrogen-bond donors (Lipinski definition) is 1. The summed E-state index contributed by atoms with van der Waals surface area (Å²) in [6, 6.07) is 6.06. The summed E-state index contributed by atoms with van der Waals surface area (Å²) in [5.41, 5.74) is 1.08. The van der Waals surface area contributed by atoms with Crippen molar-refractivity contribution in [1.29, 1.82) is 0 Å². The number of nitrogens with zero attached hydrogens (tertiary/aromatic N) is 1. The quantitative estimate of drug-likeness (QED) is 0.915. The van der Waals surface area contributed by atoms with Crippen LogP contribution in [-0.4, -0.2) is 30.1 Å². The van der Waals surface area contributed by atoms with E-state index in [0.717, 1.165) is 31.6 Å². The lowest BCUT2D eigenvalue weighted by atomic mass is 10.0. The van der Waals surface area contributed by atoms with Gasteiger partial charge in [-0.15, -0.1) is 0 Å². The molecule has 0 amide bonds. The second-order valence-electron chi connectivity index (χ2n) is 6.12. The van der Waals surface area contributed by atoms with Crippen molar-refractivity contribution < 1.29 is 4.39 Å². The molecule has 0 spiro atoms. The van der Waals surface area contributed by atoms with Gasteiger partial charge in [-0.25, -0.2) is 4.39 Å². The van der Waals surface area contributed by atoms with Crippen LogP contribution in [0.25, 0.3) is 0 Å². The summed E-state index contributed by atoms with van der Waals surface area (Å²) in [6.45, 7) is 9.67. The predicted octanol–water partition coefficient (Wildman–Crippen LogP) is 3.69. The summed E-state index contributed by atoms with van der Waals surface area (Å²) in [6.07, 6.45) is 1.14.